The maximum atomic E-state index is 13.1. The van der Waals surface area contributed by atoms with Crippen LogP contribution in [0, 0.1) is 5.82 Å². The van der Waals surface area contributed by atoms with Crippen LogP contribution >= 0.6 is 11.6 Å². The van der Waals surface area contributed by atoms with Crippen LogP contribution in [0.3, 0.4) is 0 Å². The maximum Gasteiger partial charge on any atom is 0.243 e. The number of nitrogens with zero attached hydrogens (tertiary/aromatic N) is 1. The summed E-state index contributed by atoms with van der Waals surface area (Å²) in [6.45, 7) is 0.476. The third-order valence-corrected chi connectivity index (χ3v) is 6.88. The first kappa shape index (κ1) is 19.8. The van der Waals surface area contributed by atoms with E-state index in [0.717, 1.165) is 24.1 Å². The molecular formula is C19H20ClFN2O3S. The number of nitrogens with one attached hydrogen (secondary N) is 1. The van der Waals surface area contributed by atoms with Gasteiger partial charge < -0.3 is 5.32 Å². The molecular weight excluding hydrogens is 391 g/mol. The van der Waals surface area contributed by atoms with Gasteiger partial charge in [0.15, 0.2) is 0 Å². The molecule has 0 radical (unpaired) electrons. The Hall–Kier alpha value is -1.96. The number of carbonyl (C=O) groups is 1. The average molecular weight is 411 g/mol. The van der Waals surface area contributed by atoms with E-state index in [-0.39, 0.29) is 23.9 Å². The Balaban J connectivity index is 1.77. The van der Waals surface area contributed by atoms with Crippen molar-refractivity contribution in [1.82, 2.24) is 9.62 Å². The number of carbonyl (C=O) groups excluding carboxylic acids is 1. The van der Waals surface area contributed by atoms with Crippen LogP contribution in [0.5, 0.6) is 0 Å². The Morgan fingerprint density at radius 1 is 1.15 bits per heavy atom. The second-order valence-corrected chi connectivity index (χ2v) is 8.69. The molecule has 1 aliphatic rings. The first-order valence-corrected chi connectivity index (χ1v) is 10.5. The molecule has 0 spiro atoms. The molecule has 0 bridgehead atoms. The monoisotopic (exact) mass is 410 g/mol. The Labute approximate surface area is 163 Å². The standard InChI is InChI=1S/C19H20ClFN2O3S/c20-17-6-2-1-5-14(17)13-22-19(24)18-7-3-4-12-23(18)27(25,26)16-10-8-15(21)9-11-16/h1-2,5-6,8-11,18H,3-4,7,12-13H2,(H,22,24). The molecule has 1 heterocycles. The summed E-state index contributed by atoms with van der Waals surface area (Å²) in [5.74, 6) is -0.873. The van der Waals surface area contributed by atoms with E-state index in [0.29, 0.717) is 17.9 Å². The lowest BCUT2D eigenvalue weighted by molar-refractivity contribution is -0.125. The zero-order chi connectivity index (χ0) is 19.4. The molecule has 1 aliphatic heterocycles. The van der Waals surface area contributed by atoms with E-state index in [1.54, 1.807) is 18.2 Å². The molecule has 1 atom stereocenters. The van der Waals surface area contributed by atoms with Crippen LogP contribution in [-0.2, 0) is 21.4 Å². The summed E-state index contributed by atoms with van der Waals surface area (Å²) < 4.78 is 40.2. The number of hydrogen-bond acceptors (Lipinski definition) is 3. The molecule has 1 unspecified atom stereocenters. The highest BCUT2D eigenvalue weighted by Gasteiger charge is 2.37. The Kier molecular flexibility index (Phi) is 6.14. The fourth-order valence-electron chi connectivity index (χ4n) is 3.14. The minimum atomic E-state index is -3.88. The summed E-state index contributed by atoms with van der Waals surface area (Å²) in [6, 6.07) is 11.0. The zero-order valence-corrected chi connectivity index (χ0v) is 16.1. The summed E-state index contributed by atoms with van der Waals surface area (Å²) in [5.41, 5.74) is 0.760. The molecule has 0 aromatic heterocycles. The number of benzene rings is 2. The lowest BCUT2D eigenvalue weighted by Gasteiger charge is -2.33. The molecule has 8 heteroatoms. The van der Waals surface area contributed by atoms with Gasteiger partial charge in [-0.2, -0.15) is 4.31 Å². The topological polar surface area (TPSA) is 66.5 Å². The molecule has 1 amide bonds. The van der Waals surface area contributed by atoms with Crippen LogP contribution < -0.4 is 5.32 Å². The van der Waals surface area contributed by atoms with Gasteiger partial charge in [0.25, 0.3) is 0 Å². The summed E-state index contributed by atoms with van der Waals surface area (Å²) in [5, 5.41) is 3.32. The van der Waals surface area contributed by atoms with Crippen LogP contribution in [-0.4, -0.2) is 31.2 Å². The summed E-state index contributed by atoms with van der Waals surface area (Å²) in [4.78, 5) is 12.7. The minimum Gasteiger partial charge on any atom is -0.351 e. The Morgan fingerprint density at radius 2 is 1.85 bits per heavy atom. The Morgan fingerprint density at radius 3 is 2.56 bits per heavy atom. The number of piperidine rings is 1. The fourth-order valence-corrected chi connectivity index (χ4v) is 5.00. The van der Waals surface area contributed by atoms with Crippen LogP contribution in [0.25, 0.3) is 0 Å². The van der Waals surface area contributed by atoms with Crippen molar-refractivity contribution in [2.45, 2.75) is 36.7 Å². The number of sulfonamides is 1. The van der Waals surface area contributed by atoms with E-state index in [1.165, 1.54) is 16.4 Å². The van der Waals surface area contributed by atoms with Crippen molar-refractivity contribution in [2.24, 2.45) is 0 Å². The van der Waals surface area contributed by atoms with E-state index in [2.05, 4.69) is 5.32 Å². The number of halogens is 2. The predicted octanol–water partition coefficient (Wildman–Crippen LogP) is 3.34. The van der Waals surface area contributed by atoms with Crippen LogP contribution in [0.1, 0.15) is 24.8 Å². The van der Waals surface area contributed by atoms with E-state index in [9.17, 15) is 17.6 Å². The molecule has 2 aromatic carbocycles. The molecule has 2 aromatic rings. The van der Waals surface area contributed by atoms with Gasteiger partial charge >= 0.3 is 0 Å². The van der Waals surface area contributed by atoms with Gasteiger partial charge in [0, 0.05) is 18.1 Å². The quantitative estimate of drug-likeness (QED) is 0.822. The molecule has 27 heavy (non-hydrogen) atoms. The van der Waals surface area contributed by atoms with Crippen molar-refractivity contribution in [3.8, 4) is 0 Å². The highest BCUT2D eigenvalue weighted by atomic mass is 35.5. The van der Waals surface area contributed by atoms with Gasteiger partial charge in [-0.15, -0.1) is 0 Å². The molecule has 0 aliphatic carbocycles. The van der Waals surface area contributed by atoms with Gasteiger partial charge in [-0.3, -0.25) is 4.79 Å². The lowest BCUT2D eigenvalue weighted by atomic mass is 10.0. The van der Waals surface area contributed by atoms with Crippen molar-refractivity contribution in [2.75, 3.05) is 6.54 Å². The third kappa shape index (κ3) is 4.48. The highest BCUT2D eigenvalue weighted by molar-refractivity contribution is 7.89. The first-order chi connectivity index (χ1) is 12.9. The molecule has 5 nitrogen and oxygen atoms in total. The summed E-state index contributed by atoms with van der Waals surface area (Å²) in [6.07, 6.45) is 1.88. The Bertz CT molecular complexity index is 919. The largest absolute Gasteiger partial charge is 0.351 e. The van der Waals surface area contributed by atoms with Crippen molar-refractivity contribution in [3.63, 3.8) is 0 Å². The number of rotatable bonds is 5. The second-order valence-electron chi connectivity index (χ2n) is 6.39. The molecule has 1 fully saturated rings. The lowest BCUT2D eigenvalue weighted by Crippen LogP contribution is -2.51. The van der Waals surface area contributed by atoms with Gasteiger partial charge in [0.2, 0.25) is 15.9 Å². The first-order valence-electron chi connectivity index (χ1n) is 8.68. The zero-order valence-electron chi connectivity index (χ0n) is 14.6. The van der Waals surface area contributed by atoms with Crippen LogP contribution in [0.2, 0.25) is 5.02 Å². The van der Waals surface area contributed by atoms with E-state index in [4.69, 9.17) is 11.6 Å². The van der Waals surface area contributed by atoms with Crippen LogP contribution in [0.15, 0.2) is 53.4 Å². The SMILES string of the molecule is O=C(NCc1ccccc1Cl)C1CCCCN1S(=O)(=O)c1ccc(F)cc1. The van der Waals surface area contributed by atoms with Crippen molar-refractivity contribution in [3.05, 3.63) is 64.9 Å². The molecule has 144 valence electrons. The van der Waals surface area contributed by atoms with Crippen molar-refractivity contribution < 1.29 is 17.6 Å². The number of amides is 1. The van der Waals surface area contributed by atoms with Gasteiger partial charge in [-0.25, -0.2) is 12.8 Å². The second kappa shape index (κ2) is 8.37. The predicted molar refractivity (Wildman–Crippen MR) is 101 cm³/mol. The number of hydrogen-bond donors (Lipinski definition) is 1. The van der Waals surface area contributed by atoms with Gasteiger partial charge in [0.1, 0.15) is 11.9 Å². The van der Waals surface area contributed by atoms with Crippen LogP contribution in [0.4, 0.5) is 4.39 Å². The molecule has 3 rings (SSSR count). The summed E-state index contributed by atoms with van der Waals surface area (Å²) in [7, 11) is -3.88. The van der Waals surface area contributed by atoms with E-state index in [1.807, 2.05) is 6.07 Å². The molecule has 1 N–H and O–H groups in total. The van der Waals surface area contributed by atoms with E-state index < -0.39 is 21.9 Å². The summed E-state index contributed by atoms with van der Waals surface area (Å²) >= 11 is 6.10. The van der Waals surface area contributed by atoms with E-state index >= 15 is 0 Å². The molecule has 1 saturated heterocycles. The smallest absolute Gasteiger partial charge is 0.243 e. The third-order valence-electron chi connectivity index (χ3n) is 4.59. The fraction of sp³-hybridized carbons (Fsp3) is 0.316. The minimum absolute atomic E-state index is 0.0188. The normalized spacial score (nSPS) is 18.2. The average Bonchev–Trinajstić information content (AvgIpc) is 2.67. The van der Waals surface area contributed by atoms with Crippen molar-refractivity contribution in [1.29, 1.82) is 0 Å². The van der Waals surface area contributed by atoms with Gasteiger partial charge in [-0.05, 0) is 48.7 Å². The van der Waals surface area contributed by atoms with Gasteiger partial charge in [-0.1, -0.05) is 36.2 Å². The van der Waals surface area contributed by atoms with Crippen molar-refractivity contribution >= 4 is 27.5 Å². The highest BCUT2D eigenvalue weighted by Crippen LogP contribution is 2.26. The van der Waals surface area contributed by atoms with Gasteiger partial charge in [0.05, 0.1) is 4.90 Å². The molecule has 0 saturated carbocycles. The maximum absolute atomic E-state index is 13.1.